The van der Waals surface area contributed by atoms with Gasteiger partial charge in [0.25, 0.3) is 0 Å². The van der Waals surface area contributed by atoms with E-state index in [1.54, 1.807) is 6.08 Å². The average Bonchev–Trinajstić information content (AvgIpc) is 2.69. The molecule has 0 fully saturated rings. The van der Waals surface area contributed by atoms with Crippen LogP contribution in [0.5, 0.6) is 11.5 Å². The van der Waals surface area contributed by atoms with Gasteiger partial charge in [0.05, 0.1) is 19.3 Å². The van der Waals surface area contributed by atoms with Crippen LogP contribution < -0.4 is 20.1 Å². The van der Waals surface area contributed by atoms with Crippen molar-refractivity contribution in [3.63, 3.8) is 0 Å². The Morgan fingerprint density at radius 1 is 1.40 bits per heavy atom. The van der Waals surface area contributed by atoms with Crippen molar-refractivity contribution in [2.45, 2.75) is 19.4 Å². The van der Waals surface area contributed by atoms with Gasteiger partial charge in [0, 0.05) is 13.0 Å². The summed E-state index contributed by atoms with van der Waals surface area (Å²) in [6.07, 6.45) is 2.68. The van der Waals surface area contributed by atoms with Crippen LogP contribution in [-0.2, 0) is 0 Å². The normalized spacial score (nSPS) is 14.8. The Balaban J connectivity index is 2.03. The first-order chi connectivity index (χ1) is 9.70. The van der Waals surface area contributed by atoms with Gasteiger partial charge in [-0.25, -0.2) is 0 Å². The molecule has 1 aliphatic rings. The second-order valence-corrected chi connectivity index (χ2v) is 5.03. The molecule has 4 nitrogen and oxygen atoms in total. The molecule has 0 bridgehead atoms. The third kappa shape index (κ3) is 3.87. The lowest BCUT2D eigenvalue weighted by atomic mass is 10.1. The van der Waals surface area contributed by atoms with Crippen molar-refractivity contribution >= 4 is 17.3 Å². The average molecular weight is 292 g/mol. The molecule has 2 N–H and O–H groups in total. The summed E-state index contributed by atoms with van der Waals surface area (Å²) in [7, 11) is 0. The molecule has 2 rings (SSSR count). The maximum atomic E-state index is 5.69. The minimum absolute atomic E-state index is 0.0944. The summed E-state index contributed by atoms with van der Waals surface area (Å²) in [6.45, 7) is 7.75. The van der Waals surface area contributed by atoms with Gasteiger partial charge >= 0.3 is 0 Å². The lowest BCUT2D eigenvalue weighted by Crippen LogP contribution is -2.36. The maximum Gasteiger partial charge on any atom is 0.167 e. The number of nitrogens with one attached hydrogen (secondary N) is 2. The number of benzene rings is 1. The molecule has 1 heterocycles. The van der Waals surface area contributed by atoms with Crippen LogP contribution in [0.2, 0.25) is 0 Å². The van der Waals surface area contributed by atoms with Crippen molar-refractivity contribution in [1.29, 1.82) is 0 Å². The second kappa shape index (κ2) is 7.14. The third-order valence-electron chi connectivity index (χ3n) is 3.03. The largest absolute Gasteiger partial charge is 0.490 e. The summed E-state index contributed by atoms with van der Waals surface area (Å²) in [5.41, 5.74) is 1.11. The van der Waals surface area contributed by atoms with Crippen molar-refractivity contribution < 1.29 is 9.47 Å². The molecular weight excluding hydrogens is 272 g/mol. The van der Waals surface area contributed by atoms with Crippen LogP contribution in [-0.4, -0.2) is 24.9 Å². The Hall–Kier alpha value is -1.75. The van der Waals surface area contributed by atoms with Gasteiger partial charge in [-0.15, -0.1) is 6.58 Å². The molecule has 0 amide bonds. The molecule has 5 heteroatoms. The molecule has 1 aromatic rings. The Morgan fingerprint density at radius 3 is 2.90 bits per heavy atom. The van der Waals surface area contributed by atoms with Crippen LogP contribution in [0.4, 0.5) is 0 Å². The number of hydrogen-bond donors (Lipinski definition) is 2. The van der Waals surface area contributed by atoms with Crippen molar-refractivity contribution in [2.24, 2.45) is 0 Å². The molecule has 0 saturated heterocycles. The fraction of sp³-hybridized carbons (Fsp3) is 0.400. The topological polar surface area (TPSA) is 42.5 Å². The number of rotatable bonds is 4. The van der Waals surface area contributed by atoms with E-state index >= 15 is 0 Å². The van der Waals surface area contributed by atoms with Gasteiger partial charge in [0.1, 0.15) is 0 Å². The van der Waals surface area contributed by atoms with Gasteiger partial charge in [0.15, 0.2) is 16.6 Å². The van der Waals surface area contributed by atoms with Crippen molar-refractivity contribution in [2.75, 3.05) is 19.8 Å². The number of fused-ring (bicyclic) bond motifs is 1. The van der Waals surface area contributed by atoms with Crippen LogP contribution in [0.15, 0.2) is 30.9 Å². The predicted molar refractivity (Wildman–Crippen MR) is 84.4 cm³/mol. The Kier molecular flexibility index (Phi) is 5.24. The molecule has 0 saturated carbocycles. The number of hydrogen-bond acceptors (Lipinski definition) is 3. The number of thiocarbonyl (C=S) groups is 1. The van der Waals surface area contributed by atoms with Gasteiger partial charge in [-0.1, -0.05) is 12.1 Å². The minimum Gasteiger partial charge on any atom is -0.490 e. The molecule has 0 spiro atoms. The van der Waals surface area contributed by atoms with E-state index in [0.29, 0.717) is 24.9 Å². The van der Waals surface area contributed by atoms with E-state index < -0.39 is 0 Å². The van der Waals surface area contributed by atoms with E-state index in [9.17, 15) is 0 Å². The molecule has 108 valence electrons. The molecular formula is C15H20N2O2S. The molecule has 20 heavy (non-hydrogen) atoms. The zero-order chi connectivity index (χ0) is 14.4. The van der Waals surface area contributed by atoms with Crippen LogP contribution in [0.3, 0.4) is 0 Å². The van der Waals surface area contributed by atoms with Gasteiger partial charge in [-0.2, -0.15) is 0 Å². The highest BCUT2D eigenvalue weighted by Gasteiger charge is 2.14. The molecule has 0 unspecified atom stereocenters. The molecule has 0 radical (unpaired) electrons. The van der Waals surface area contributed by atoms with E-state index in [2.05, 4.69) is 24.1 Å². The van der Waals surface area contributed by atoms with E-state index in [1.807, 2.05) is 18.2 Å². The summed E-state index contributed by atoms with van der Waals surface area (Å²) >= 11 is 5.21. The highest BCUT2D eigenvalue weighted by atomic mass is 32.1. The zero-order valence-corrected chi connectivity index (χ0v) is 12.5. The molecule has 0 aromatic heterocycles. The molecule has 1 atom stereocenters. The molecule has 1 aromatic carbocycles. The van der Waals surface area contributed by atoms with Gasteiger partial charge in [-0.3, -0.25) is 0 Å². The van der Waals surface area contributed by atoms with Crippen LogP contribution >= 0.6 is 12.2 Å². The van der Waals surface area contributed by atoms with Crippen molar-refractivity contribution in [3.05, 3.63) is 36.4 Å². The van der Waals surface area contributed by atoms with Gasteiger partial charge in [0.2, 0.25) is 0 Å². The predicted octanol–water partition coefficient (Wildman–Crippen LogP) is 2.56. The fourth-order valence-electron chi connectivity index (χ4n) is 1.95. The number of ether oxygens (including phenoxy) is 2. The van der Waals surface area contributed by atoms with Gasteiger partial charge < -0.3 is 20.1 Å². The Labute approximate surface area is 125 Å². The summed E-state index contributed by atoms with van der Waals surface area (Å²) in [5.74, 6) is 1.62. The van der Waals surface area contributed by atoms with E-state index in [-0.39, 0.29) is 6.04 Å². The van der Waals surface area contributed by atoms with E-state index in [4.69, 9.17) is 21.7 Å². The minimum atomic E-state index is 0.0944. The lowest BCUT2D eigenvalue weighted by molar-refractivity contribution is 0.297. The fourth-order valence-corrected chi connectivity index (χ4v) is 2.21. The summed E-state index contributed by atoms with van der Waals surface area (Å²) in [5, 5.41) is 6.90. The third-order valence-corrected chi connectivity index (χ3v) is 3.29. The maximum absolute atomic E-state index is 5.69. The first kappa shape index (κ1) is 14.7. The highest BCUT2D eigenvalue weighted by molar-refractivity contribution is 7.80. The Bertz CT molecular complexity index is 491. The second-order valence-electron chi connectivity index (χ2n) is 4.62. The summed E-state index contributed by atoms with van der Waals surface area (Å²) in [6, 6.07) is 6.08. The van der Waals surface area contributed by atoms with Crippen LogP contribution in [0, 0.1) is 0 Å². The summed E-state index contributed by atoms with van der Waals surface area (Å²) < 4.78 is 11.3. The quantitative estimate of drug-likeness (QED) is 0.659. The highest BCUT2D eigenvalue weighted by Crippen LogP contribution is 2.32. The Morgan fingerprint density at radius 2 is 2.15 bits per heavy atom. The monoisotopic (exact) mass is 292 g/mol. The van der Waals surface area contributed by atoms with E-state index in [1.165, 1.54) is 0 Å². The van der Waals surface area contributed by atoms with Crippen LogP contribution in [0.1, 0.15) is 24.9 Å². The van der Waals surface area contributed by atoms with Gasteiger partial charge in [-0.05, 0) is 36.8 Å². The first-order valence-corrected chi connectivity index (χ1v) is 7.16. The molecule has 1 aliphatic heterocycles. The molecule has 0 aliphatic carbocycles. The SMILES string of the molecule is C=CCNC(=S)N[C@@H](C)c1ccc2c(c1)OCCCO2. The lowest BCUT2D eigenvalue weighted by Gasteiger charge is -2.18. The zero-order valence-electron chi connectivity index (χ0n) is 11.6. The van der Waals surface area contributed by atoms with Crippen molar-refractivity contribution in [3.8, 4) is 11.5 Å². The van der Waals surface area contributed by atoms with E-state index in [0.717, 1.165) is 23.5 Å². The summed E-state index contributed by atoms with van der Waals surface area (Å²) in [4.78, 5) is 0. The smallest absolute Gasteiger partial charge is 0.167 e. The first-order valence-electron chi connectivity index (χ1n) is 6.75. The van der Waals surface area contributed by atoms with Crippen LogP contribution in [0.25, 0.3) is 0 Å². The standard InChI is InChI=1S/C15H20N2O2S/c1-3-7-16-15(20)17-11(2)12-5-6-13-14(10-12)19-9-4-8-18-13/h3,5-6,10-11H,1,4,7-9H2,2H3,(H2,16,17,20)/t11-/m0/s1. The van der Waals surface area contributed by atoms with Crippen molar-refractivity contribution in [1.82, 2.24) is 10.6 Å².